The second-order valence-electron chi connectivity index (χ2n) is 4.20. The number of aromatic hydroxyl groups is 2. The van der Waals surface area contributed by atoms with Crippen molar-refractivity contribution < 1.29 is 10.2 Å². The van der Waals surface area contributed by atoms with Crippen LogP contribution in [0.4, 0.5) is 11.4 Å². The van der Waals surface area contributed by atoms with Gasteiger partial charge < -0.3 is 10.2 Å². The Morgan fingerprint density at radius 3 is 2.28 bits per heavy atom. The predicted molar refractivity (Wildman–Crippen MR) is 69.9 cm³/mol. The molecule has 0 heterocycles. The molecule has 18 heavy (non-hydrogen) atoms. The van der Waals surface area contributed by atoms with Crippen LogP contribution in [0.3, 0.4) is 0 Å². The normalized spacial score (nSPS) is 11.0. The van der Waals surface area contributed by atoms with E-state index in [0.29, 0.717) is 11.4 Å². The first-order chi connectivity index (χ1) is 8.54. The highest BCUT2D eigenvalue weighted by molar-refractivity contribution is 5.50. The summed E-state index contributed by atoms with van der Waals surface area (Å²) in [5.41, 5.74) is 3.05. The minimum Gasteiger partial charge on any atom is -0.508 e. The predicted octanol–water partition coefficient (Wildman–Crippen LogP) is 4.13. The van der Waals surface area contributed by atoms with E-state index >= 15 is 0 Å². The van der Waals surface area contributed by atoms with E-state index in [1.54, 1.807) is 30.3 Å². The number of phenolic OH excluding ortho intramolecular Hbond substituents is 2. The van der Waals surface area contributed by atoms with Crippen LogP contribution in [-0.4, -0.2) is 10.2 Å². The van der Waals surface area contributed by atoms with Crippen LogP contribution in [0.25, 0.3) is 0 Å². The lowest BCUT2D eigenvalue weighted by Crippen LogP contribution is -1.74. The van der Waals surface area contributed by atoms with Crippen molar-refractivity contribution in [3.63, 3.8) is 0 Å². The summed E-state index contributed by atoms with van der Waals surface area (Å²) in [5.74, 6) is 0.381. The van der Waals surface area contributed by atoms with Gasteiger partial charge in [-0.2, -0.15) is 10.2 Å². The van der Waals surface area contributed by atoms with Gasteiger partial charge in [0.25, 0.3) is 0 Å². The lowest BCUT2D eigenvalue weighted by molar-refractivity contribution is 0.474. The monoisotopic (exact) mass is 242 g/mol. The van der Waals surface area contributed by atoms with Crippen molar-refractivity contribution in [3.8, 4) is 11.5 Å². The molecule has 0 fully saturated rings. The Morgan fingerprint density at radius 1 is 0.833 bits per heavy atom. The number of aryl methyl sites for hydroxylation is 2. The Labute approximate surface area is 105 Å². The number of benzene rings is 2. The maximum atomic E-state index is 9.45. The van der Waals surface area contributed by atoms with Gasteiger partial charge in [-0.05, 0) is 55.3 Å². The van der Waals surface area contributed by atoms with E-state index in [9.17, 15) is 10.2 Å². The van der Waals surface area contributed by atoms with Gasteiger partial charge in [0.15, 0.2) is 0 Å². The molecule has 0 saturated heterocycles. The third-order valence-electron chi connectivity index (χ3n) is 2.50. The van der Waals surface area contributed by atoms with Gasteiger partial charge in [0.05, 0.1) is 11.4 Å². The minimum absolute atomic E-state index is 0.173. The molecule has 0 bridgehead atoms. The van der Waals surface area contributed by atoms with Crippen LogP contribution in [-0.2, 0) is 0 Å². The van der Waals surface area contributed by atoms with E-state index < -0.39 is 0 Å². The molecule has 4 heteroatoms. The van der Waals surface area contributed by atoms with E-state index in [1.807, 2.05) is 19.9 Å². The molecular formula is C14H14N2O2. The zero-order chi connectivity index (χ0) is 13.1. The molecule has 0 spiro atoms. The van der Waals surface area contributed by atoms with Gasteiger partial charge in [-0.15, -0.1) is 0 Å². The van der Waals surface area contributed by atoms with E-state index in [-0.39, 0.29) is 11.5 Å². The molecule has 2 aromatic carbocycles. The van der Waals surface area contributed by atoms with E-state index in [0.717, 1.165) is 11.1 Å². The molecule has 0 amide bonds. The first-order valence-electron chi connectivity index (χ1n) is 5.56. The molecule has 92 valence electrons. The second-order valence-corrected chi connectivity index (χ2v) is 4.20. The maximum Gasteiger partial charge on any atom is 0.118 e. The Balaban J connectivity index is 2.29. The van der Waals surface area contributed by atoms with Crippen molar-refractivity contribution >= 4 is 11.4 Å². The largest absolute Gasteiger partial charge is 0.508 e. The molecule has 0 aliphatic heterocycles. The molecule has 0 atom stereocenters. The lowest BCUT2D eigenvalue weighted by atomic mass is 10.2. The van der Waals surface area contributed by atoms with Crippen molar-refractivity contribution in [1.29, 1.82) is 0 Å². The van der Waals surface area contributed by atoms with Gasteiger partial charge in [0, 0.05) is 6.07 Å². The van der Waals surface area contributed by atoms with Crippen LogP contribution in [0.15, 0.2) is 46.6 Å². The van der Waals surface area contributed by atoms with Crippen molar-refractivity contribution in [2.45, 2.75) is 13.8 Å². The van der Waals surface area contributed by atoms with Crippen LogP contribution in [0, 0.1) is 13.8 Å². The highest BCUT2D eigenvalue weighted by Gasteiger charge is 1.99. The molecule has 2 rings (SSSR count). The number of azo groups is 1. The summed E-state index contributed by atoms with van der Waals surface area (Å²) in [4.78, 5) is 0. The van der Waals surface area contributed by atoms with Crippen LogP contribution >= 0.6 is 0 Å². The maximum absolute atomic E-state index is 9.45. The Hall–Kier alpha value is -2.36. The van der Waals surface area contributed by atoms with Gasteiger partial charge >= 0.3 is 0 Å². The summed E-state index contributed by atoms with van der Waals surface area (Å²) >= 11 is 0. The third kappa shape index (κ3) is 2.85. The van der Waals surface area contributed by atoms with E-state index in [2.05, 4.69) is 10.2 Å². The fourth-order valence-electron chi connectivity index (χ4n) is 1.66. The summed E-state index contributed by atoms with van der Waals surface area (Å²) < 4.78 is 0. The summed E-state index contributed by atoms with van der Waals surface area (Å²) in [7, 11) is 0. The average Bonchev–Trinajstić information content (AvgIpc) is 2.26. The zero-order valence-electron chi connectivity index (χ0n) is 10.3. The Kier molecular flexibility index (Phi) is 3.28. The van der Waals surface area contributed by atoms with Gasteiger partial charge in [0.1, 0.15) is 11.5 Å². The molecule has 4 nitrogen and oxygen atoms in total. The first-order valence-corrected chi connectivity index (χ1v) is 5.56. The standard InChI is InChI=1S/C14H14N2O2/c1-9-5-11(8-13(18)6-9)15-16-14-4-3-12(17)7-10(14)2/h3-8,17-18H,1-2H3. The quantitative estimate of drug-likeness (QED) is 0.777. The first kappa shape index (κ1) is 12.1. The smallest absolute Gasteiger partial charge is 0.118 e. The summed E-state index contributed by atoms with van der Waals surface area (Å²) in [6.45, 7) is 3.73. The number of rotatable bonds is 2. The van der Waals surface area contributed by atoms with Crippen molar-refractivity contribution in [1.82, 2.24) is 0 Å². The second kappa shape index (κ2) is 4.87. The molecule has 0 unspecified atom stereocenters. The molecule has 0 radical (unpaired) electrons. The molecule has 2 N–H and O–H groups in total. The third-order valence-corrected chi connectivity index (χ3v) is 2.50. The molecule has 0 aliphatic carbocycles. The van der Waals surface area contributed by atoms with Gasteiger partial charge in [-0.3, -0.25) is 0 Å². The molecule has 2 aromatic rings. The van der Waals surface area contributed by atoms with Crippen molar-refractivity contribution in [2.24, 2.45) is 10.2 Å². The molecule has 0 aliphatic rings. The highest BCUT2D eigenvalue weighted by Crippen LogP contribution is 2.27. The minimum atomic E-state index is 0.173. The van der Waals surface area contributed by atoms with Crippen molar-refractivity contribution in [2.75, 3.05) is 0 Å². The Bertz CT molecular complexity index is 586. The van der Waals surface area contributed by atoms with Crippen LogP contribution < -0.4 is 0 Å². The van der Waals surface area contributed by atoms with E-state index in [4.69, 9.17) is 0 Å². The van der Waals surface area contributed by atoms with Gasteiger partial charge in [0.2, 0.25) is 0 Å². The summed E-state index contributed by atoms with van der Waals surface area (Å²) in [6.07, 6.45) is 0. The summed E-state index contributed by atoms with van der Waals surface area (Å²) in [6, 6.07) is 9.93. The number of hydrogen-bond acceptors (Lipinski definition) is 4. The number of phenols is 2. The van der Waals surface area contributed by atoms with E-state index in [1.165, 1.54) is 0 Å². The highest BCUT2D eigenvalue weighted by atomic mass is 16.3. The lowest BCUT2D eigenvalue weighted by Gasteiger charge is -2.00. The van der Waals surface area contributed by atoms with Crippen molar-refractivity contribution in [3.05, 3.63) is 47.5 Å². The fraction of sp³-hybridized carbons (Fsp3) is 0.143. The molecular weight excluding hydrogens is 228 g/mol. The Morgan fingerprint density at radius 2 is 1.61 bits per heavy atom. The van der Waals surface area contributed by atoms with Crippen LogP contribution in [0.2, 0.25) is 0 Å². The van der Waals surface area contributed by atoms with Gasteiger partial charge in [-0.1, -0.05) is 0 Å². The van der Waals surface area contributed by atoms with Crippen LogP contribution in [0.1, 0.15) is 11.1 Å². The topological polar surface area (TPSA) is 65.2 Å². The number of hydrogen-bond donors (Lipinski definition) is 2. The fourth-order valence-corrected chi connectivity index (χ4v) is 1.66. The zero-order valence-corrected chi connectivity index (χ0v) is 10.3. The SMILES string of the molecule is Cc1cc(O)cc(N=Nc2ccc(O)cc2C)c1. The number of nitrogens with zero attached hydrogens (tertiary/aromatic N) is 2. The van der Waals surface area contributed by atoms with Crippen LogP contribution in [0.5, 0.6) is 11.5 Å². The average molecular weight is 242 g/mol. The van der Waals surface area contributed by atoms with Gasteiger partial charge in [-0.25, -0.2) is 0 Å². The molecule has 0 saturated carbocycles. The summed E-state index contributed by atoms with van der Waals surface area (Å²) in [5, 5.41) is 26.9. The molecule has 0 aromatic heterocycles.